The minimum atomic E-state index is -0.479. The van der Waals surface area contributed by atoms with Gasteiger partial charge >= 0.3 is 6.09 Å². The molecule has 128 valence electrons. The molecule has 0 spiro atoms. The number of aromatic hydroxyl groups is 1. The lowest BCUT2D eigenvalue weighted by Crippen LogP contribution is -2.36. The Labute approximate surface area is 141 Å². The van der Waals surface area contributed by atoms with Gasteiger partial charge in [0, 0.05) is 24.5 Å². The van der Waals surface area contributed by atoms with Crippen LogP contribution in [-0.4, -0.2) is 45.8 Å². The number of nitrogens with one attached hydrogen (secondary N) is 1. The van der Waals surface area contributed by atoms with Gasteiger partial charge in [0.15, 0.2) is 0 Å². The zero-order valence-electron chi connectivity index (χ0n) is 14.2. The van der Waals surface area contributed by atoms with E-state index < -0.39 is 5.60 Å². The summed E-state index contributed by atoms with van der Waals surface area (Å²) in [5.74, 6) is 0.221. The number of ether oxygens (including phenoxy) is 1. The molecule has 1 saturated heterocycles. The van der Waals surface area contributed by atoms with Crippen LogP contribution in [0.5, 0.6) is 5.75 Å². The quantitative estimate of drug-likeness (QED) is 0.883. The fourth-order valence-corrected chi connectivity index (χ4v) is 2.80. The summed E-state index contributed by atoms with van der Waals surface area (Å²) in [5, 5.41) is 13.9. The number of pyridine rings is 1. The largest absolute Gasteiger partial charge is 0.508 e. The van der Waals surface area contributed by atoms with E-state index in [1.165, 1.54) is 0 Å². The van der Waals surface area contributed by atoms with Crippen molar-refractivity contribution >= 4 is 22.7 Å². The third-order valence-electron chi connectivity index (χ3n) is 3.88. The van der Waals surface area contributed by atoms with E-state index >= 15 is 0 Å². The molecule has 2 heterocycles. The van der Waals surface area contributed by atoms with E-state index in [4.69, 9.17) is 4.74 Å². The number of phenols is 1. The summed E-state index contributed by atoms with van der Waals surface area (Å²) in [6.45, 7) is 6.88. The summed E-state index contributed by atoms with van der Waals surface area (Å²) in [7, 11) is 0. The molecule has 1 amide bonds. The van der Waals surface area contributed by atoms with Gasteiger partial charge in [0.05, 0.1) is 17.4 Å². The van der Waals surface area contributed by atoms with E-state index in [0.717, 1.165) is 23.0 Å². The molecule has 1 fully saturated rings. The van der Waals surface area contributed by atoms with Gasteiger partial charge in [-0.3, -0.25) is 4.98 Å². The summed E-state index contributed by atoms with van der Waals surface area (Å²) in [4.78, 5) is 18.2. The van der Waals surface area contributed by atoms with Crippen molar-refractivity contribution in [2.45, 2.75) is 38.8 Å². The molecule has 1 atom stereocenters. The average molecular weight is 329 g/mol. The third-order valence-corrected chi connectivity index (χ3v) is 3.88. The smallest absolute Gasteiger partial charge is 0.410 e. The van der Waals surface area contributed by atoms with Crippen molar-refractivity contribution in [3.8, 4) is 5.75 Å². The maximum Gasteiger partial charge on any atom is 0.410 e. The minimum Gasteiger partial charge on any atom is -0.508 e. The van der Waals surface area contributed by atoms with Crippen LogP contribution in [0, 0.1) is 0 Å². The van der Waals surface area contributed by atoms with Crippen LogP contribution in [0.3, 0.4) is 0 Å². The maximum absolute atomic E-state index is 12.1. The van der Waals surface area contributed by atoms with Crippen molar-refractivity contribution in [1.29, 1.82) is 0 Å². The molecule has 1 aliphatic rings. The van der Waals surface area contributed by atoms with Crippen molar-refractivity contribution < 1.29 is 14.6 Å². The third kappa shape index (κ3) is 3.88. The molecule has 1 aromatic carbocycles. The zero-order valence-corrected chi connectivity index (χ0v) is 14.2. The lowest BCUT2D eigenvalue weighted by molar-refractivity contribution is 0.0293. The molecule has 0 bridgehead atoms. The van der Waals surface area contributed by atoms with Gasteiger partial charge in [-0.15, -0.1) is 0 Å². The van der Waals surface area contributed by atoms with Crippen LogP contribution in [0.2, 0.25) is 0 Å². The van der Waals surface area contributed by atoms with Gasteiger partial charge in [0.25, 0.3) is 0 Å². The highest BCUT2D eigenvalue weighted by molar-refractivity contribution is 5.83. The highest BCUT2D eigenvalue weighted by Crippen LogP contribution is 2.23. The summed E-state index contributed by atoms with van der Waals surface area (Å²) >= 11 is 0. The van der Waals surface area contributed by atoms with Crippen molar-refractivity contribution in [2.75, 3.05) is 18.4 Å². The van der Waals surface area contributed by atoms with Gasteiger partial charge in [-0.05, 0) is 51.5 Å². The molecular weight excluding hydrogens is 306 g/mol. The second kappa shape index (κ2) is 6.19. The molecule has 1 aliphatic heterocycles. The van der Waals surface area contributed by atoms with E-state index in [9.17, 15) is 9.90 Å². The Morgan fingerprint density at radius 2 is 2.17 bits per heavy atom. The Morgan fingerprint density at radius 3 is 2.92 bits per heavy atom. The number of aromatic nitrogens is 1. The van der Waals surface area contributed by atoms with Gasteiger partial charge in [-0.2, -0.15) is 0 Å². The van der Waals surface area contributed by atoms with E-state index in [0.29, 0.717) is 13.1 Å². The summed E-state index contributed by atoms with van der Waals surface area (Å²) in [5.41, 5.74) is 1.23. The number of benzene rings is 1. The topological polar surface area (TPSA) is 74.7 Å². The highest BCUT2D eigenvalue weighted by Gasteiger charge is 2.29. The van der Waals surface area contributed by atoms with Crippen molar-refractivity contribution in [2.24, 2.45) is 0 Å². The Morgan fingerprint density at radius 1 is 1.38 bits per heavy atom. The SMILES string of the molecule is CC(C)(C)OC(=O)N1CCC(Nc2cnc3ccc(O)cc3c2)C1. The Hall–Kier alpha value is -2.50. The Bertz CT molecular complexity index is 755. The minimum absolute atomic E-state index is 0.161. The number of rotatable bonds is 2. The van der Waals surface area contributed by atoms with Crippen LogP contribution < -0.4 is 5.32 Å². The summed E-state index contributed by atoms with van der Waals surface area (Å²) < 4.78 is 5.41. The number of fused-ring (bicyclic) bond motifs is 1. The predicted octanol–water partition coefficient (Wildman–Crippen LogP) is 3.36. The fourth-order valence-electron chi connectivity index (χ4n) is 2.80. The van der Waals surface area contributed by atoms with Crippen LogP contribution in [-0.2, 0) is 4.74 Å². The molecule has 6 heteroatoms. The van der Waals surface area contributed by atoms with E-state index in [1.807, 2.05) is 26.8 Å². The van der Waals surface area contributed by atoms with Crippen LogP contribution in [0.15, 0.2) is 30.5 Å². The number of anilines is 1. The van der Waals surface area contributed by atoms with Gasteiger partial charge in [-0.25, -0.2) is 4.79 Å². The zero-order chi connectivity index (χ0) is 17.3. The molecule has 2 N–H and O–H groups in total. The van der Waals surface area contributed by atoms with Crippen LogP contribution >= 0.6 is 0 Å². The first-order valence-corrected chi connectivity index (χ1v) is 8.13. The fraction of sp³-hybridized carbons (Fsp3) is 0.444. The van der Waals surface area contributed by atoms with Crippen LogP contribution in [0.1, 0.15) is 27.2 Å². The van der Waals surface area contributed by atoms with Crippen molar-refractivity contribution in [3.63, 3.8) is 0 Å². The molecule has 0 saturated carbocycles. The average Bonchev–Trinajstić information content (AvgIpc) is 2.94. The first-order chi connectivity index (χ1) is 11.3. The monoisotopic (exact) mass is 329 g/mol. The molecule has 1 aromatic heterocycles. The molecule has 24 heavy (non-hydrogen) atoms. The number of likely N-dealkylation sites (tertiary alicyclic amines) is 1. The van der Waals surface area contributed by atoms with E-state index in [1.54, 1.807) is 29.3 Å². The highest BCUT2D eigenvalue weighted by atomic mass is 16.6. The molecule has 0 radical (unpaired) electrons. The second-order valence-electron chi connectivity index (χ2n) is 7.16. The molecule has 2 aromatic rings. The Kier molecular flexibility index (Phi) is 4.22. The first-order valence-electron chi connectivity index (χ1n) is 8.13. The van der Waals surface area contributed by atoms with Crippen LogP contribution in [0.4, 0.5) is 10.5 Å². The maximum atomic E-state index is 12.1. The van der Waals surface area contributed by atoms with Gasteiger partial charge < -0.3 is 20.1 Å². The van der Waals surface area contributed by atoms with E-state index in [2.05, 4.69) is 10.3 Å². The molecular formula is C18H23N3O3. The number of hydrogen-bond donors (Lipinski definition) is 2. The van der Waals surface area contributed by atoms with Crippen molar-refractivity contribution in [1.82, 2.24) is 9.88 Å². The number of hydrogen-bond acceptors (Lipinski definition) is 5. The molecule has 3 rings (SSSR count). The normalized spacial score (nSPS) is 18.0. The number of carbonyl (C=O) groups excluding carboxylic acids is 1. The number of amides is 1. The molecule has 6 nitrogen and oxygen atoms in total. The van der Waals surface area contributed by atoms with E-state index in [-0.39, 0.29) is 17.9 Å². The molecule has 1 unspecified atom stereocenters. The Balaban J connectivity index is 1.64. The number of nitrogens with zero attached hydrogens (tertiary/aromatic N) is 2. The van der Waals surface area contributed by atoms with Gasteiger partial charge in [0.1, 0.15) is 11.4 Å². The summed E-state index contributed by atoms with van der Waals surface area (Å²) in [6, 6.07) is 7.22. The second-order valence-corrected chi connectivity index (χ2v) is 7.16. The first kappa shape index (κ1) is 16.4. The standard InChI is InChI=1S/C18H23N3O3/c1-18(2,3)24-17(23)21-7-6-13(11-21)20-14-8-12-9-15(22)4-5-16(12)19-10-14/h4-5,8-10,13,20,22H,6-7,11H2,1-3H3. The van der Waals surface area contributed by atoms with Gasteiger partial charge in [0.2, 0.25) is 0 Å². The number of phenolic OH excluding ortho intramolecular Hbond substituents is 1. The summed E-state index contributed by atoms with van der Waals surface area (Å²) in [6.07, 6.45) is 2.36. The van der Waals surface area contributed by atoms with Gasteiger partial charge in [-0.1, -0.05) is 0 Å². The predicted molar refractivity (Wildman–Crippen MR) is 93.2 cm³/mol. The van der Waals surface area contributed by atoms with Crippen molar-refractivity contribution in [3.05, 3.63) is 30.5 Å². The lowest BCUT2D eigenvalue weighted by Gasteiger charge is -2.24. The lowest BCUT2D eigenvalue weighted by atomic mass is 10.2. The number of carbonyl (C=O) groups is 1. The van der Waals surface area contributed by atoms with Crippen LogP contribution in [0.25, 0.3) is 10.9 Å². The molecule has 0 aliphatic carbocycles.